The molecule has 0 saturated carbocycles. The highest BCUT2D eigenvalue weighted by Gasteiger charge is 2.10. The zero-order valence-electron chi connectivity index (χ0n) is 8.92. The third kappa shape index (κ3) is 2.88. The van der Waals surface area contributed by atoms with Gasteiger partial charge in [0.2, 0.25) is 0 Å². The molecule has 1 rings (SSSR count). The van der Waals surface area contributed by atoms with Crippen LogP contribution in [0.5, 0.6) is 0 Å². The predicted molar refractivity (Wildman–Crippen MR) is 54.7 cm³/mol. The zero-order valence-corrected chi connectivity index (χ0v) is 8.92. The third-order valence-electron chi connectivity index (χ3n) is 2.33. The molecule has 0 unspecified atom stereocenters. The van der Waals surface area contributed by atoms with Gasteiger partial charge in [-0.25, -0.2) is 0 Å². The fourth-order valence-electron chi connectivity index (χ4n) is 1.31. The lowest BCUT2D eigenvalue weighted by Gasteiger charge is -2.16. The molecule has 0 radical (unpaired) electrons. The first kappa shape index (κ1) is 10.3. The summed E-state index contributed by atoms with van der Waals surface area (Å²) in [5, 5.41) is 3.47. The molecule has 1 N–H and O–H groups in total. The summed E-state index contributed by atoms with van der Waals surface area (Å²) in [6.07, 6.45) is 1.14. The van der Waals surface area contributed by atoms with Gasteiger partial charge in [-0.2, -0.15) is 0 Å². The molecule has 1 heterocycles. The van der Waals surface area contributed by atoms with Crippen LogP contribution in [0.3, 0.4) is 0 Å². The van der Waals surface area contributed by atoms with Crippen LogP contribution in [0.4, 0.5) is 0 Å². The van der Waals surface area contributed by atoms with Crippen LogP contribution in [0, 0.1) is 6.92 Å². The number of nitrogens with one attached hydrogen (secondary N) is 1. The molecule has 2 atom stereocenters. The summed E-state index contributed by atoms with van der Waals surface area (Å²) in [6.45, 7) is 8.47. The van der Waals surface area contributed by atoms with E-state index in [1.54, 1.807) is 0 Å². The minimum absolute atomic E-state index is 0.309. The van der Waals surface area contributed by atoms with Gasteiger partial charge in [-0.1, -0.05) is 6.92 Å². The van der Waals surface area contributed by atoms with Crippen molar-refractivity contribution in [1.29, 1.82) is 0 Å². The Kier molecular flexibility index (Phi) is 3.55. The molecular formula is C11H19NO. The Morgan fingerprint density at radius 3 is 2.54 bits per heavy atom. The lowest BCUT2D eigenvalue weighted by Crippen LogP contribution is -2.27. The normalized spacial score (nSPS) is 15.7. The topological polar surface area (TPSA) is 25.2 Å². The maximum absolute atomic E-state index is 5.53. The van der Waals surface area contributed by atoms with E-state index >= 15 is 0 Å². The first-order valence-corrected chi connectivity index (χ1v) is 4.96. The largest absolute Gasteiger partial charge is 0.465 e. The summed E-state index contributed by atoms with van der Waals surface area (Å²) in [5.41, 5.74) is 0. The number of furan rings is 1. The van der Waals surface area contributed by atoms with E-state index in [1.807, 2.05) is 19.1 Å². The maximum Gasteiger partial charge on any atom is 0.120 e. The average Bonchev–Trinajstić information content (AvgIpc) is 2.51. The minimum atomic E-state index is 0.309. The highest BCUT2D eigenvalue weighted by molar-refractivity contribution is 5.08. The molecule has 0 spiro atoms. The first-order chi connectivity index (χ1) is 6.13. The van der Waals surface area contributed by atoms with Crippen LogP contribution in [0.25, 0.3) is 0 Å². The fourth-order valence-corrected chi connectivity index (χ4v) is 1.31. The van der Waals surface area contributed by atoms with Crippen molar-refractivity contribution in [2.75, 3.05) is 0 Å². The molecule has 0 amide bonds. The summed E-state index contributed by atoms with van der Waals surface area (Å²) in [7, 11) is 0. The molecule has 0 aliphatic carbocycles. The van der Waals surface area contributed by atoms with Gasteiger partial charge >= 0.3 is 0 Å². The van der Waals surface area contributed by atoms with Gasteiger partial charge in [-0.05, 0) is 39.3 Å². The van der Waals surface area contributed by atoms with Gasteiger partial charge in [-0.3, -0.25) is 0 Å². The van der Waals surface area contributed by atoms with Gasteiger partial charge in [-0.15, -0.1) is 0 Å². The molecule has 0 bridgehead atoms. The van der Waals surface area contributed by atoms with E-state index in [9.17, 15) is 0 Å². The van der Waals surface area contributed by atoms with E-state index < -0.39 is 0 Å². The standard InChI is InChI=1S/C11H19NO/c1-5-8(2)12-10(4)11-7-6-9(3)13-11/h6-8,10,12H,5H2,1-4H3/t8-,10-/m0/s1. The smallest absolute Gasteiger partial charge is 0.120 e. The van der Waals surface area contributed by atoms with Crippen molar-refractivity contribution in [1.82, 2.24) is 5.32 Å². The SMILES string of the molecule is CC[C@H](C)N[C@@H](C)c1ccc(C)o1. The van der Waals surface area contributed by atoms with Crippen LogP contribution in [0.2, 0.25) is 0 Å². The Hall–Kier alpha value is -0.760. The number of rotatable bonds is 4. The monoisotopic (exact) mass is 181 g/mol. The second-order valence-electron chi connectivity index (χ2n) is 3.65. The van der Waals surface area contributed by atoms with Gasteiger partial charge in [0.25, 0.3) is 0 Å². The van der Waals surface area contributed by atoms with E-state index in [0.717, 1.165) is 17.9 Å². The van der Waals surface area contributed by atoms with Crippen LogP contribution >= 0.6 is 0 Å². The Bertz CT molecular complexity index is 254. The molecule has 1 aromatic heterocycles. The molecule has 2 nitrogen and oxygen atoms in total. The van der Waals surface area contributed by atoms with Gasteiger partial charge < -0.3 is 9.73 Å². The Morgan fingerprint density at radius 2 is 2.08 bits per heavy atom. The summed E-state index contributed by atoms with van der Waals surface area (Å²) >= 11 is 0. The first-order valence-electron chi connectivity index (χ1n) is 4.96. The average molecular weight is 181 g/mol. The van der Waals surface area contributed by atoms with Gasteiger partial charge in [0.05, 0.1) is 6.04 Å². The van der Waals surface area contributed by atoms with Crippen LogP contribution in [0.1, 0.15) is 44.8 Å². The lowest BCUT2D eigenvalue weighted by atomic mass is 10.2. The van der Waals surface area contributed by atoms with Crippen molar-refractivity contribution in [2.24, 2.45) is 0 Å². The molecule has 0 aliphatic heterocycles. The van der Waals surface area contributed by atoms with E-state index in [0.29, 0.717) is 12.1 Å². The number of aryl methyl sites for hydroxylation is 1. The zero-order chi connectivity index (χ0) is 9.84. The molecule has 0 saturated heterocycles. The molecule has 1 aromatic rings. The highest BCUT2D eigenvalue weighted by Crippen LogP contribution is 2.16. The molecule has 74 valence electrons. The minimum Gasteiger partial charge on any atom is -0.465 e. The lowest BCUT2D eigenvalue weighted by molar-refractivity contribution is 0.385. The maximum atomic E-state index is 5.53. The number of hydrogen-bond donors (Lipinski definition) is 1. The van der Waals surface area contributed by atoms with Crippen LogP contribution in [-0.2, 0) is 0 Å². The molecule has 2 heteroatoms. The fraction of sp³-hybridized carbons (Fsp3) is 0.636. The molecule has 0 fully saturated rings. The molecular weight excluding hydrogens is 162 g/mol. The summed E-state index contributed by atoms with van der Waals surface area (Å²) < 4.78 is 5.53. The van der Waals surface area contributed by atoms with Crippen molar-refractivity contribution < 1.29 is 4.42 Å². The van der Waals surface area contributed by atoms with Gasteiger partial charge in [0.15, 0.2) is 0 Å². The van der Waals surface area contributed by atoms with E-state index in [1.165, 1.54) is 0 Å². The van der Waals surface area contributed by atoms with Gasteiger partial charge in [0, 0.05) is 6.04 Å². The van der Waals surface area contributed by atoms with Crippen LogP contribution in [0.15, 0.2) is 16.5 Å². The Balaban J connectivity index is 2.53. The second-order valence-corrected chi connectivity index (χ2v) is 3.65. The van der Waals surface area contributed by atoms with Crippen molar-refractivity contribution in [3.63, 3.8) is 0 Å². The highest BCUT2D eigenvalue weighted by atomic mass is 16.3. The Labute approximate surface area is 80.3 Å². The predicted octanol–water partition coefficient (Wildman–Crippen LogP) is 3.04. The van der Waals surface area contributed by atoms with Crippen molar-refractivity contribution in [3.05, 3.63) is 23.7 Å². The molecule has 0 aliphatic rings. The van der Waals surface area contributed by atoms with E-state index in [4.69, 9.17) is 4.42 Å². The summed E-state index contributed by atoms with van der Waals surface area (Å²) in [4.78, 5) is 0. The molecule has 0 aromatic carbocycles. The molecule has 13 heavy (non-hydrogen) atoms. The van der Waals surface area contributed by atoms with Crippen molar-refractivity contribution in [2.45, 2.75) is 46.2 Å². The van der Waals surface area contributed by atoms with Crippen LogP contribution in [-0.4, -0.2) is 6.04 Å². The summed E-state index contributed by atoms with van der Waals surface area (Å²) in [6, 6.07) is 4.89. The van der Waals surface area contributed by atoms with Crippen molar-refractivity contribution in [3.8, 4) is 0 Å². The van der Waals surface area contributed by atoms with Crippen molar-refractivity contribution >= 4 is 0 Å². The van der Waals surface area contributed by atoms with Crippen LogP contribution < -0.4 is 5.32 Å². The third-order valence-corrected chi connectivity index (χ3v) is 2.33. The second kappa shape index (κ2) is 4.47. The van der Waals surface area contributed by atoms with E-state index in [-0.39, 0.29) is 0 Å². The quantitative estimate of drug-likeness (QED) is 0.772. The van der Waals surface area contributed by atoms with E-state index in [2.05, 4.69) is 26.1 Å². The Morgan fingerprint density at radius 1 is 1.38 bits per heavy atom. The number of hydrogen-bond acceptors (Lipinski definition) is 2. The van der Waals surface area contributed by atoms with Gasteiger partial charge in [0.1, 0.15) is 11.5 Å². The summed E-state index contributed by atoms with van der Waals surface area (Å²) in [5.74, 6) is 2.01.